The van der Waals surface area contributed by atoms with E-state index in [1.54, 1.807) is 7.11 Å². The molecule has 1 aromatic carbocycles. The average Bonchev–Trinajstić information content (AvgIpc) is 2.19. The molecule has 16 heavy (non-hydrogen) atoms. The van der Waals surface area contributed by atoms with Gasteiger partial charge in [0.1, 0.15) is 5.75 Å². The average molecular weight is 221 g/mol. The predicted molar refractivity (Wildman–Crippen MR) is 68.9 cm³/mol. The summed E-state index contributed by atoms with van der Waals surface area (Å²) in [6.07, 6.45) is 1.02. The number of benzene rings is 1. The number of ether oxygens (including phenoxy) is 1. The molecule has 2 heteroatoms. The highest BCUT2D eigenvalue weighted by Crippen LogP contribution is 2.28. The van der Waals surface area contributed by atoms with E-state index in [4.69, 9.17) is 10.5 Å². The minimum absolute atomic E-state index is 0.129. The third-order valence-corrected chi connectivity index (χ3v) is 2.91. The summed E-state index contributed by atoms with van der Waals surface area (Å²) in [7, 11) is 1.70. The first kappa shape index (κ1) is 13.0. The van der Waals surface area contributed by atoms with Crippen LogP contribution in [0.2, 0.25) is 0 Å². The molecule has 0 aliphatic carbocycles. The highest BCUT2D eigenvalue weighted by molar-refractivity contribution is 5.42. The van der Waals surface area contributed by atoms with Gasteiger partial charge in [-0.05, 0) is 48.9 Å². The summed E-state index contributed by atoms with van der Waals surface area (Å²) in [4.78, 5) is 0. The van der Waals surface area contributed by atoms with Crippen LogP contribution in [0.3, 0.4) is 0 Å². The molecule has 0 radical (unpaired) electrons. The van der Waals surface area contributed by atoms with Crippen LogP contribution in [0.25, 0.3) is 0 Å². The Balaban J connectivity index is 3.01. The first-order chi connectivity index (χ1) is 7.45. The fourth-order valence-corrected chi connectivity index (χ4v) is 2.07. The van der Waals surface area contributed by atoms with Crippen molar-refractivity contribution in [1.29, 1.82) is 0 Å². The molecule has 0 aromatic heterocycles. The minimum atomic E-state index is 0.129. The maximum atomic E-state index is 6.22. The van der Waals surface area contributed by atoms with Gasteiger partial charge in [0.15, 0.2) is 0 Å². The third-order valence-electron chi connectivity index (χ3n) is 2.91. The predicted octanol–water partition coefficient (Wildman–Crippen LogP) is 3.36. The van der Waals surface area contributed by atoms with E-state index in [0.29, 0.717) is 5.92 Å². The molecular weight excluding hydrogens is 198 g/mol. The van der Waals surface area contributed by atoms with Crippen molar-refractivity contribution in [2.75, 3.05) is 7.11 Å². The Kier molecular flexibility index (Phi) is 4.36. The Morgan fingerprint density at radius 1 is 1.19 bits per heavy atom. The zero-order valence-electron chi connectivity index (χ0n) is 11.0. The van der Waals surface area contributed by atoms with Gasteiger partial charge in [0, 0.05) is 6.04 Å². The van der Waals surface area contributed by atoms with Gasteiger partial charge in [0.25, 0.3) is 0 Å². The van der Waals surface area contributed by atoms with Crippen molar-refractivity contribution in [2.45, 2.75) is 40.2 Å². The monoisotopic (exact) mass is 221 g/mol. The SMILES string of the molecule is COc1cc(C)c(C(N)CC(C)C)cc1C. The van der Waals surface area contributed by atoms with Crippen molar-refractivity contribution in [3.8, 4) is 5.75 Å². The molecule has 0 bridgehead atoms. The molecule has 0 amide bonds. The van der Waals surface area contributed by atoms with Gasteiger partial charge in [0.05, 0.1) is 7.11 Å². The number of nitrogens with two attached hydrogens (primary N) is 1. The summed E-state index contributed by atoms with van der Waals surface area (Å²) >= 11 is 0. The molecule has 1 atom stereocenters. The van der Waals surface area contributed by atoms with Crippen molar-refractivity contribution in [2.24, 2.45) is 11.7 Å². The second-order valence-corrected chi connectivity index (χ2v) is 4.91. The van der Waals surface area contributed by atoms with E-state index in [1.807, 2.05) is 0 Å². The molecule has 1 unspecified atom stereocenters. The molecule has 0 spiro atoms. The minimum Gasteiger partial charge on any atom is -0.496 e. The van der Waals surface area contributed by atoms with Crippen molar-refractivity contribution >= 4 is 0 Å². The molecule has 1 rings (SSSR count). The van der Waals surface area contributed by atoms with Crippen LogP contribution in [0.4, 0.5) is 0 Å². The summed E-state index contributed by atoms with van der Waals surface area (Å²) in [5.41, 5.74) is 9.83. The lowest BCUT2D eigenvalue weighted by Gasteiger charge is -2.18. The van der Waals surface area contributed by atoms with E-state index in [-0.39, 0.29) is 6.04 Å². The molecule has 0 aliphatic heterocycles. The van der Waals surface area contributed by atoms with Crippen LogP contribution in [0.15, 0.2) is 12.1 Å². The maximum Gasteiger partial charge on any atom is 0.122 e. The highest BCUT2D eigenvalue weighted by atomic mass is 16.5. The van der Waals surface area contributed by atoms with Crippen LogP contribution in [-0.4, -0.2) is 7.11 Å². The smallest absolute Gasteiger partial charge is 0.122 e. The van der Waals surface area contributed by atoms with E-state index in [0.717, 1.165) is 17.7 Å². The lowest BCUT2D eigenvalue weighted by atomic mass is 9.93. The molecule has 0 heterocycles. The van der Waals surface area contributed by atoms with Gasteiger partial charge in [-0.2, -0.15) is 0 Å². The summed E-state index contributed by atoms with van der Waals surface area (Å²) < 4.78 is 5.30. The first-order valence-electron chi connectivity index (χ1n) is 5.86. The van der Waals surface area contributed by atoms with Crippen molar-refractivity contribution < 1.29 is 4.74 Å². The second-order valence-electron chi connectivity index (χ2n) is 4.91. The van der Waals surface area contributed by atoms with E-state index in [2.05, 4.69) is 39.8 Å². The zero-order valence-corrected chi connectivity index (χ0v) is 11.0. The van der Waals surface area contributed by atoms with Gasteiger partial charge in [-0.25, -0.2) is 0 Å². The molecule has 0 saturated carbocycles. The second kappa shape index (κ2) is 5.35. The summed E-state index contributed by atoms with van der Waals surface area (Å²) in [5, 5.41) is 0. The van der Waals surface area contributed by atoms with Gasteiger partial charge in [-0.1, -0.05) is 19.9 Å². The topological polar surface area (TPSA) is 35.2 Å². The third kappa shape index (κ3) is 2.99. The van der Waals surface area contributed by atoms with E-state index in [1.165, 1.54) is 11.1 Å². The fourth-order valence-electron chi connectivity index (χ4n) is 2.07. The van der Waals surface area contributed by atoms with Gasteiger partial charge in [-0.3, -0.25) is 0 Å². The molecule has 0 fully saturated rings. The van der Waals surface area contributed by atoms with Crippen LogP contribution in [0.1, 0.15) is 43.0 Å². The first-order valence-corrected chi connectivity index (χ1v) is 5.86. The molecule has 2 nitrogen and oxygen atoms in total. The Hall–Kier alpha value is -1.02. The van der Waals surface area contributed by atoms with Crippen LogP contribution < -0.4 is 10.5 Å². The standard InChI is InChI=1S/C14H23NO/c1-9(2)6-13(15)12-7-11(4)14(16-5)8-10(12)3/h7-9,13H,6,15H2,1-5H3. The van der Waals surface area contributed by atoms with Crippen molar-refractivity contribution in [1.82, 2.24) is 0 Å². The van der Waals surface area contributed by atoms with Crippen LogP contribution in [-0.2, 0) is 0 Å². The normalized spacial score (nSPS) is 12.9. The molecule has 0 aliphatic rings. The Bertz CT molecular complexity index is 358. The Labute approximate surface area is 98.8 Å². The van der Waals surface area contributed by atoms with Crippen molar-refractivity contribution in [3.05, 3.63) is 28.8 Å². The summed E-state index contributed by atoms with van der Waals surface area (Å²) in [5.74, 6) is 1.56. The fraction of sp³-hybridized carbons (Fsp3) is 0.571. The zero-order chi connectivity index (χ0) is 12.3. The number of hydrogen-bond donors (Lipinski definition) is 1. The lowest BCUT2D eigenvalue weighted by molar-refractivity contribution is 0.410. The summed E-state index contributed by atoms with van der Waals surface area (Å²) in [6.45, 7) is 8.55. The highest BCUT2D eigenvalue weighted by Gasteiger charge is 2.13. The Morgan fingerprint density at radius 3 is 2.31 bits per heavy atom. The van der Waals surface area contributed by atoms with E-state index in [9.17, 15) is 0 Å². The number of hydrogen-bond acceptors (Lipinski definition) is 2. The van der Waals surface area contributed by atoms with Crippen LogP contribution >= 0.6 is 0 Å². The number of aryl methyl sites for hydroxylation is 2. The van der Waals surface area contributed by atoms with Gasteiger partial charge in [0.2, 0.25) is 0 Å². The van der Waals surface area contributed by atoms with Crippen LogP contribution in [0.5, 0.6) is 5.75 Å². The largest absolute Gasteiger partial charge is 0.496 e. The quantitative estimate of drug-likeness (QED) is 0.846. The lowest BCUT2D eigenvalue weighted by Crippen LogP contribution is -2.14. The number of rotatable bonds is 4. The molecular formula is C14H23NO. The van der Waals surface area contributed by atoms with Gasteiger partial charge < -0.3 is 10.5 Å². The maximum absolute atomic E-state index is 6.22. The molecule has 1 aromatic rings. The Morgan fingerprint density at radius 2 is 1.81 bits per heavy atom. The summed E-state index contributed by atoms with van der Waals surface area (Å²) in [6, 6.07) is 4.36. The van der Waals surface area contributed by atoms with Crippen LogP contribution in [0, 0.1) is 19.8 Å². The van der Waals surface area contributed by atoms with E-state index < -0.39 is 0 Å². The van der Waals surface area contributed by atoms with Crippen molar-refractivity contribution in [3.63, 3.8) is 0 Å². The molecule has 0 saturated heterocycles. The molecule has 90 valence electrons. The van der Waals surface area contributed by atoms with E-state index >= 15 is 0 Å². The van der Waals surface area contributed by atoms with Gasteiger partial charge >= 0.3 is 0 Å². The number of methoxy groups -OCH3 is 1. The van der Waals surface area contributed by atoms with Gasteiger partial charge in [-0.15, -0.1) is 0 Å². The molecule has 2 N–H and O–H groups in total.